The Morgan fingerprint density at radius 1 is 1.41 bits per heavy atom. The number of carbonyl (C=O) groups excluding carboxylic acids is 1. The maximum Gasteiger partial charge on any atom is 0.250 e. The second-order valence-electron chi connectivity index (χ2n) is 5.85. The van der Waals surface area contributed by atoms with Gasteiger partial charge in [0.05, 0.1) is 6.61 Å². The molecule has 120 valence electrons. The molecular formula is C16H24N4O2. The Hall–Kier alpha value is -1.66. The Balaban J connectivity index is 1.54. The lowest BCUT2D eigenvalue weighted by atomic mass is 10.1. The number of aromatic nitrogens is 1. The zero-order chi connectivity index (χ0) is 15.2. The van der Waals surface area contributed by atoms with Crippen molar-refractivity contribution in [2.45, 2.75) is 31.9 Å². The number of carbonyl (C=O) groups is 1. The number of nitrogens with one attached hydrogen (secondary N) is 2. The van der Waals surface area contributed by atoms with Crippen molar-refractivity contribution >= 4 is 11.7 Å². The van der Waals surface area contributed by atoms with Crippen LogP contribution in [-0.4, -0.2) is 49.8 Å². The smallest absolute Gasteiger partial charge is 0.250 e. The number of ether oxygens (including phenoxy) is 1. The highest BCUT2D eigenvalue weighted by molar-refractivity contribution is 5.81. The second-order valence-corrected chi connectivity index (χ2v) is 5.85. The molecule has 0 spiro atoms. The summed E-state index contributed by atoms with van der Waals surface area (Å²) >= 11 is 0. The fraction of sp³-hybridized carbons (Fsp3) is 0.625. The first-order valence-corrected chi connectivity index (χ1v) is 8.13. The van der Waals surface area contributed by atoms with Crippen molar-refractivity contribution < 1.29 is 9.53 Å². The molecule has 0 saturated carbocycles. The zero-order valence-electron chi connectivity index (χ0n) is 12.9. The third kappa shape index (κ3) is 3.96. The van der Waals surface area contributed by atoms with Gasteiger partial charge in [-0.2, -0.15) is 0 Å². The number of hydrogen-bond acceptors (Lipinski definition) is 5. The molecule has 3 rings (SSSR count). The van der Waals surface area contributed by atoms with E-state index in [4.69, 9.17) is 4.74 Å². The molecule has 2 saturated heterocycles. The van der Waals surface area contributed by atoms with E-state index in [0.29, 0.717) is 19.7 Å². The van der Waals surface area contributed by atoms with Crippen LogP contribution in [0.25, 0.3) is 0 Å². The highest BCUT2D eigenvalue weighted by Crippen LogP contribution is 2.18. The molecule has 0 aliphatic carbocycles. The second kappa shape index (κ2) is 7.56. The Morgan fingerprint density at radius 2 is 2.27 bits per heavy atom. The van der Waals surface area contributed by atoms with Gasteiger partial charge in [-0.1, -0.05) is 0 Å². The van der Waals surface area contributed by atoms with Crippen LogP contribution < -0.4 is 15.5 Å². The van der Waals surface area contributed by atoms with E-state index >= 15 is 0 Å². The first-order valence-electron chi connectivity index (χ1n) is 8.13. The third-order valence-electron chi connectivity index (χ3n) is 4.18. The molecule has 1 aromatic rings. The van der Waals surface area contributed by atoms with Crippen LogP contribution >= 0.6 is 0 Å². The van der Waals surface area contributed by atoms with Crippen LogP contribution in [0.3, 0.4) is 0 Å². The molecule has 6 heteroatoms. The number of piperidine rings is 1. The number of amides is 1. The molecule has 3 heterocycles. The molecule has 1 amide bonds. The lowest BCUT2D eigenvalue weighted by Gasteiger charge is -2.28. The van der Waals surface area contributed by atoms with Crippen molar-refractivity contribution in [2.75, 3.05) is 37.7 Å². The summed E-state index contributed by atoms with van der Waals surface area (Å²) < 4.78 is 5.45. The van der Waals surface area contributed by atoms with Crippen LogP contribution in [0.15, 0.2) is 18.3 Å². The van der Waals surface area contributed by atoms with Gasteiger partial charge >= 0.3 is 0 Å². The molecule has 1 unspecified atom stereocenters. The Morgan fingerprint density at radius 3 is 3.05 bits per heavy atom. The summed E-state index contributed by atoms with van der Waals surface area (Å²) in [6.45, 7) is 4.65. The van der Waals surface area contributed by atoms with Gasteiger partial charge in [0.15, 0.2) is 0 Å². The molecule has 2 fully saturated rings. The molecule has 0 radical (unpaired) electrons. The topological polar surface area (TPSA) is 66.5 Å². The Labute approximate surface area is 131 Å². The molecule has 2 aliphatic rings. The van der Waals surface area contributed by atoms with Crippen molar-refractivity contribution in [2.24, 2.45) is 0 Å². The van der Waals surface area contributed by atoms with Crippen LogP contribution in [-0.2, 0) is 16.1 Å². The molecule has 0 aromatic carbocycles. The number of morpholine rings is 1. The maximum atomic E-state index is 12.1. The van der Waals surface area contributed by atoms with Crippen molar-refractivity contribution in [3.63, 3.8) is 0 Å². The number of rotatable bonds is 4. The van der Waals surface area contributed by atoms with Gasteiger partial charge in [-0.25, -0.2) is 4.98 Å². The van der Waals surface area contributed by atoms with E-state index in [9.17, 15) is 4.79 Å². The summed E-state index contributed by atoms with van der Waals surface area (Å²) in [6.07, 6.45) is 5.21. The van der Waals surface area contributed by atoms with Gasteiger partial charge < -0.3 is 20.3 Å². The summed E-state index contributed by atoms with van der Waals surface area (Å²) in [6, 6.07) is 4.03. The molecule has 22 heavy (non-hydrogen) atoms. The quantitative estimate of drug-likeness (QED) is 0.856. The van der Waals surface area contributed by atoms with E-state index in [1.165, 1.54) is 19.3 Å². The van der Waals surface area contributed by atoms with E-state index in [1.807, 2.05) is 12.3 Å². The highest BCUT2D eigenvalue weighted by Gasteiger charge is 2.21. The zero-order valence-corrected chi connectivity index (χ0v) is 12.9. The average molecular weight is 304 g/mol. The summed E-state index contributed by atoms with van der Waals surface area (Å²) in [7, 11) is 0. The van der Waals surface area contributed by atoms with Gasteiger partial charge in [0.25, 0.3) is 5.91 Å². The molecular weight excluding hydrogens is 280 g/mol. The standard InChI is InChI=1S/C16H24N4O2/c21-16(14-12-17-6-9-22-14)19-11-13-4-5-18-15(10-13)20-7-2-1-3-8-20/h4-5,10,14,17H,1-3,6-9,11-12H2,(H,19,21). The highest BCUT2D eigenvalue weighted by atomic mass is 16.5. The minimum absolute atomic E-state index is 0.0523. The average Bonchev–Trinajstić information content (AvgIpc) is 2.61. The molecule has 2 aliphatic heterocycles. The predicted octanol–water partition coefficient (Wildman–Crippen LogP) is 0.676. The summed E-state index contributed by atoms with van der Waals surface area (Å²) in [5.41, 5.74) is 1.08. The van der Waals surface area contributed by atoms with E-state index in [-0.39, 0.29) is 12.0 Å². The lowest BCUT2D eigenvalue weighted by Crippen LogP contribution is -2.47. The largest absolute Gasteiger partial charge is 0.366 e. The fourth-order valence-corrected chi connectivity index (χ4v) is 2.90. The van der Waals surface area contributed by atoms with E-state index in [0.717, 1.165) is 31.0 Å². The molecule has 6 nitrogen and oxygen atoms in total. The normalized spacial score (nSPS) is 22.4. The number of pyridine rings is 1. The monoisotopic (exact) mass is 304 g/mol. The van der Waals surface area contributed by atoms with Crippen molar-refractivity contribution in [3.8, 4) is 0 Å². The first kappa shape index (κ1) is 15.2. The summed E-state index contributed by atoms with van der Waals surface area (Å²) in [4.78, 5) is 18.8. The minimum Gasteiger partial charge on any atom is -0.366 e. The summed E-state index contributed by atoms with van der Waals surface area (Å²) in [5.74, 6) is 0.963. The van der Waals surface area contributed by atoms with Crippen LogP contribution in [0.2, 0.25) is 0 Å². The summed E-state index contributed by atoms with van der Waals surface area (Å²) in [5, 5.41) is 6.11. The van der Waals surface area contributed by atoms with Gasteiger partial charge in [0.2, 0.25) is 0 Å². The minimum atomic E-state index is -0.378. The van der Waals surface area contributed by atoms with Gasteiger partial charge in [-0.15, -0.1) is 0 Å². The molecule has 1 atom stereocenters. The van der Waals surface area contributed by atoms with Gasteiger partial charge in [0, 0.05) is 38.9 Å². The van der Waals surface area contributed by atoms with Crippen molar-refractivity contribution in [1.29, 1.82) is 0 Å². The Kier molecular flexibility index (Phi) is 5.24. The van der Waals surface area contributed by atoms with E-state index in [2.05, 4.69) is 26.6 Å². The molecule has 1 aromatic heterocycles. The van der Waals surface area contributed by atoms with Crippen LogP contribution in [0, 0.1) is 0 Å². The van der Waals surface area contributed by atoms with Crippen LogP contribution in [0.5, 0.6) is 0 Å². The molecule has 0 bridgehead atoms. The van der Waals surface area contributed by atoms with E-state index < -0.39 is 0 Å². The SMILES string of the molecule is O=C(NCc1ccnc(N2CCCCC2)c1)C1CNCCO1. The van der Waals surface area contributed by atoms with Gasteiger partial charge in [-0.05, 0) is 37.0 Å². The van der Waals surface area contributed by atoms with Crippen molar-refractivity contribution in [3.05, 3.63) is 23.9 Å². The predicted molar refractivity (Wildman–Crippen MR) is 84.8 cm³/mol. The van der Waals surface area contributed by atoms with Crippen LogP contribution in [0.1, 0.15) is 24.8 Å². The number of anilines is 1. The van der Waals surface area contributed by atoms with E-state index in [1.54, 1.807) is 0 Å². The number of nitrogens with zero attached hydrogens (tertiary/aromatic N) is 2. The van der Waals surface area contributed by atoms with Crippen molar-refractivity contribution in [1.82, 2.24) is 15.6 Å². The Bertz CT molecular complexity index is 497. The van der Waals surface area contributed by atoms with Gasteiger partial charge in [0.1, 0.15) is 11.9 Å². The number of hydrogen-bond donors (Lipinski definition) is 2. The maximum absolute atomic E-state index is 12.1. The lowest BCUT2D eigenvalue weighted by molar-refractivity contribution is -0.134. The van der Waals surface area contributed by atoms with Crippen LogP contribution in [0.4, 0.5) is 5.82 Å². The van der Waals surface area contributed by atoms with Gasteiger partial charge in [-0.3, -0.25) is 4.79 Å². The first-order chi connectivity index (χ1) is 10.8. The molecule has 2 N–H and O–H groups in total. The third-order valence-corrected chi connectivity index (χ3v) is 4.18. The fourth-order valence-electron chi connectivity index (χ4n) is 2.90.